The standard InChI is InChI=1S/C22H41N5O4/c1-6-23-19(25-18-10-14-26(15-11-18)20(28)30-5)24-12-9-17-8-7-13-27(16-17)21(29)31-22(2,3)4/h17-18H,6-16H2,1-5H3,(H2,23,24,25). The number of nitrogens with one attached hydrogen (secondary N) is 2. The van der Waals surface area contributed by atoms with Gasteiger partial charge in [-0.3, -0.25) is 4.99 Å². The van der Waals surface area contributed by atoms with Crippen LogP contribution in [0, 0.1) is 5.92 Å². The number of carbonyl (C=O) groups excluding carboxylic acids is 2. The molecule has 0 aromatic carbocycles. The van der Waals surface area contributed by atoms with Gasteiger partial charge in [0.2, 0.25) is 0 Å². The minimum Gasteiger partial charge on any atom is -0.453 e. The number of piperidine rings is 2. The molecule has 0 aromatic heterocycles. The van der Waals surface area contributed by atoms with Crippen LogP contribution in [0.2, 0.25) is 0 Å². The Morgan fingerprint density at radius 1 is 1.06 bits per heavy atom. The fraction of sp³-hybridized carbons (Fsp3) is 0.864. The molecule has 31 heavy (non-hydrogen) atoms. The number of aliphatic imine (C=N–C) groups is 1. The zero-order chi connectivity index (χ0) is 22.9. The average Bonchev–Trinajstić information content (AvgIpc) is 2.73. The van der Waals surface area contributed by atoms with E-state index < -0.39 is 5.60 Å². The summed E-state index contributed by atoms with van der Waals surface area (Å²) in [5, 5.41) is 6.82. The van der Waals surface area contributed by atoms with Crippen molar-refractivity contribution in [1.82, 2.24) is 20.4 Å². The van der Waals surface area contributed by atoms with Crippen LogP contribution in [0.3, 0.4) is 0 Å². The van der Waals surface area contributed by atoms with Crippen LogP contribution < -0.4 is 10.6 Å². The number of ether oxygens (including phenoxy) is 2. The molecule has 2 aliphatic heterocycles. The largest absolute Gasteiger partial charge is 0.453 e. The SMILES string of the molecule is CCNC(=NCCC1CCCN(C(=O)OC(C)(C)C)C1)NC1CCN(C(=O)OC)CC1. The topological polar surface area (TPSA) is 95.5 Å². The van der Waals surface area contributed by atoms with Crippen molar-refractivity contribution in [2.75, 3.05) is 46.4 Å². The van der Waals surface area contributed by atoms with Crippen LogP contribution in [-0.2, 0) is 9.47 Å². The summed E-state index contributed by atoms with van der Waals surface area (Å²) in [6, 6.07) is 0.288. The van der Waals surface area contributed by atoms with Gasteiger partial charge in [-0.2, -0.15) is 0 Å². The summed E-state index contributed by atoms with van der Waals surface area (Å²) in [5.74, 6) is 1.26. The summed E-state index contributed by atoms with van der Waals surface area (Å²) >= 11 is 0. The van der Waals surface area contributed by atoms with Crippen molar-refractivity contribution in [3.63, 3.8) is 0 Å². The van der Waals surface area contributed by atoms with Crippen molar-refractivity contribution in [3.05, 3.63) is 0 Å². The van der Waals surface area contributed by atoms with E-state index in [9.17, 15) is 9.59 Å². The van der Waals surface area contributed by atoms with Crippen molar-refractivity contribution in [2.45, 2.75) is 71.4 Å². The fourth-order valence-corrected chi connectivity index (χ4v) is 4.00. The molecular formula is C22H41N5O4. The van der Waals surface area contributed by atoms with Gasteiger partial charge in [-0.15, -0.1) is 0 Å². The van der Waals surface area contributed by atoms with E-state index in [0.29, 0.717) is 25.6 Å². The molecule has 0 radical (unpaired) electrons. The summed E-state index contributed by atoms with van der Waals surface area (Å²) in [6.07, 6.45) is 4.33. The molecule has 0 aromatic rings. The monoisotopic (exact) mass is 439 g/mol. The third-order valence-electron chi connectivity index (χ3n) is 5.59. The van der Waals surface area contributed by atoms with E-state index in [4.69, 9.17) is 14.5 Å². The van der Waals surface area contributed by atoms with Crippen LogP contribution in [0.15, 0.2) is 4.99 Å². The maximum atomic E-state index is 12.4. The molecule has 2 N–H and O–H groups in total. The summed E-state index contributed by atoms with van der Waals surface area (Å²) in [4.78, 5) is 32.3. The molecular weight excluding hydrogens is 398 g/mol. The molecule has 2 saturated heterocycles. The lowest BCUT2D eigenvalue weighted by atomic mass is 9.95. The van der Waals surface area contributed by atoms with Gasteiger partial charge in [0.25, 0.3) is 0 Å². The van der Waals surface area contributed by atoms with Crippen LogP contribution in [0.5, 0.6) is 0 Å². The van der Waals surface area contributed by atoms with Crippen LogP contribution in [0.4, 0.5) is 9.59 Å². The molecule has 9 heteroatoms. The lowest BCUT2D eigenvalue weighted by Gasteiger charge is -2.34. The van der Waals surface area contributed by atoms with E-state index in [2.05, 4.69) is 17.6 Å². The van der Waals surface area contributed by atoms with Gasteiger partial charge in [0, 0.05) is 45.3 Å². The maximum Gasteiger partial charge on any atom is 0.410 e. The molecule has 2 rings (SSSR count). The van der Waals surface area contributed by atoms with E-state index >= 15 is 0 Å². The molecule has 2 heterocycles. The van der Waals surface area contributed by atoms with Crippen LogP contribution in [-0.4, -0.2) is 86.0 Å². The van der Waals surface area contributed by atoms with Gasteiger partial charge in [-0.1, -0.05) is 0 Å². The molecule has 2 amide bonds. The molecule has 0 bridgehead atoms. The number of methoxy groups -OCH3 is 1. The quantitative estimate of drug-likeness (QED) is 0.505. The second-order valence-corrected chi connectivity index (χ2v) is 9.36. The number of rotatable bonds is 5. The number of nitrogens with zero attached hydrogens (tertiary/aromatic N) is 3. The van der Waals surface area contributed by atoms with E-state index in [0.717, 1.165) is 57.7 Å². The molecule has 1 atom stereocenters. The number of hydrogen-bond donors (Lipinski definition) is 2. The number of carbonyl (C=O) groups is 2. The Balaban J connectivity index is 1.79. The predicted octanol–water partition coefficient (Wildman–Crippen LogP) is 2.81. The molecule has 0 aliphatic carbocycles. The first-order valence-electron chi connectivity index (χ1n) is 11.6. The zero-order valence-corrected chi connectivity index (χ0v) is 19.9. The van der Waals surface area contributed by atoms with E-state index in [1.165, 1.54) is 7.11 Å². The van der Waals surface area contributed by atoms with Gasteiger partial charge in [-0.25, -0.2) is 9.59 Å². The lowest BCUT2D eigenvalue weighted by molar-refractivity contribution is 0.0163. The van der Waals surface area contributed by atoms with Gasteiger partial charge in [0.1, 0.15) is 5.60 Å². The Bertz CT molecular complexity index is 612. The van der Waals surface area contributed by atoms with Crippen molar-refractivity contribution in [2.24, 2.45) is 10.9 Å². The first-order chi connectivity index (χ1) is 14.7. The van der Waals surface area contributed by atoms with Crippen molar-refractivity contribution < 1.29 is 19.1 Å². The van der Waals surface area contributed by atoms with Crippen LogP contribution in [0.25, 0.3) is 0 Å². The van der Waals surface area contributed by atoms with Gasteiger partial charge < -0.3 is 29.9 Å². The summed E-state index contributed by atoms with van der Waals surface area (Å²) < 4.78 is 10.3. The normalized spacial score (nSPS) is 20.9. The Morgan fingerprint density at radius 2 is 1.77 bits per heavy atom. The molecule has 0 spiro atoms. The highest BCUT2D eigenvalue weighted by Crippen LogP contribution is 2.21. The van der Waals surface area contributed by atoms with Crippen molar-refractivity contribution in [3.8, 4) is 0 Å². The zero-order valence-electron chi connectivity index (χ0n) is 19.9. The Kier molecular flexibility index (Phi) is 9.71. The van der Waals surface area contributed by atoms with Crippen LogP contribution in [0.1, 0.15) is 59.8 Å². The van der Waals surface area contributed by atoms with Gasteiger partial charge >= 0.3 is 12.2 Å². The molecule has 9 nitrogen and oxygen atoms in total. The summed E-state index contributed by atoms with van der Waals surface area (Å²) in [7, 11) is 1.42. The first-order valence-corrected chi connectivity index (χ1v) is 11.6. The predicted molar refractivity (Wildman–Crippen MR) is 121 cm³/mol. The van der Waals surface area contributed by atoms with Crippen molar-refractivity contribution >= 4 is 18.1 Å². The summed E-state index contributed by atoms with van der Waals surface area (Å²) in [6.45, 7) is 12.1. The third kappa shape index (κ3) is 8.83. The molecule has 178 valence electrons. The van der Waals surface area contributed by atoms with Gasteiger partial charge in [0.15, 0.2) is 5.96 Å². The molecule has 1 unspecified atom stereocenters. The maximum absolute atomic E-state index is 12.4. The van der Waals surface area contributed by atoms with Gasteiger partial charge in [0.05, 0.1) is 7.11 Å². The first kappa shape index (κ1) is 25.1. The molecule has 0 saturated carbocycles. The number of amides is 2. The van der Waals surface area contributed by atoms with Gasteiger partial charge in [-0.05, 0) is 65.7 Å². The average molecular weight is 440 g/mol. The Hall–Kier alpha value is -2.19. The molecule has 2 fully saturated rings. The van der Waals surface area contributed by atoms with Crippen LogP contribution >= 0.6 is 0 Å². The van der Waals surface area contributed by atoms with E-state index in [-0.39, 0.29) is 18.2 Å². The van der Waals surface area contributed by atoms with E-state index in [1.807, 2.05) is 25.7 Å². The number of guanidine groups is 1. The van der Waals surface area contributed by atoms with Crippen molar-refractivity contribution in [1.29, 1.82) is 0 Å². The minimum atomic E-state index is -0.465. The second kappa shape index (κ2) is 12.0. The summed E-state index contributed by atoms with van der Waals surface area (Å²) in [5.41, 5.74) is -0.465. The highest BCUT2D eigenvalue weighted by molar-refractivity contribution is 5.80. The van der Waals surface area contributed by atoms with E-state index in [1.54, 1.807) is 4.90 Å². The fourth-order valence-electron chi connectivity index (χ4n) is 4.00. The Labute approximate surface area is 186 Å². The highest BCUT2D eigenvalue weighted by atomic mass is 16.6. The minimum absolute atomic E-state index is 0.214. The lowest BCUT2D eigenvalue weighted by Crippen LogP contribution is -2.49. The number of likely N-dealkylation sites (tertiary alicyclic amines) is 2. The second-order valence-electron chi connectivity index (χ2n) is 9.36. The molecule has 2 aliphatic rings. The third-order valence-corrected chi connectivity index (χ3v) is 5.59. The Morgan fingerprint density at radius 3 is 2.39 bits per heavy atom. The smallest absolute Gasteiger partial charge is 0.410 e. The number of hydrogen-bond acceptors (Lipinski definition) is 5. The highest BCUT2D eigenvalue weighted by Gasteiger charge is 2.27.